The first-order valence-electron chi connectivity index (χ1n) is 6.43. The van der Waals surface area contributed by atoms with E-state index in [2.05, 4.69) is 5.32 Å². The van der Waals surface area contributed by atoms with E-state index in [0.717, 1.165) is 12.1 Å². The molecule has 118 valence electrons. The van der Waals surface area contributed by atoms with Gasteiger partial charge in [0.2, 0.25) is 0 Å². The molecule has 0 fully saturated rings. The normalized spacial score (nSPS) is 13.5. The largest absolute Gasteiger partial charge is 0.480 e. The zero-order valence-electron chi connectivity index (χ0n) is 11.7. The van der Waals surface area contributed by atoms with Crippen LogP contribution in [0.4, 0.5) is 13.2 Å². The SMILES string of the molecule is CC(C)C[C@H](NCc1cc(C(F)(F)F)ccc1Cl)C(=O)O. The summed E-state index contributed by atoms with van der Waals surface area (Å²) in [4.78, 5) is 11.1. The van der Waals surface area contributed by atoms with Crippen molar-refractivity contribution >= 4 is 17.6 Å². The first-order valence-corrected chi connectivity index (χ1v) is 6.81. The van der Waals surface area contributed by atoms with E-state index >= 15 is 0 Å². The van der Waals surface area contributed by atoms with Crippen molar-refractivity contribution in [1.29, 1.82) is 0 Å². The average Bonchev–Trinajstić information content (AvgIpc) is 2.33. The minimum Gasteiger partial charge on any atom is -0.480 e. The van der Waals surface area contributed by atoms with Gasteiger partial charge in [-0.25, -0.2) is 0 Å². The van der Waals surface area contributed by atoms with Gasteiger partial charge in [-0.15, -0.1) is 0 Å². The second kappa shape index (κ2) is 7.13. The minimum atomic E-state index is -4.45. The first-order chi connectivity index (χ1) is 9.61. The molecule has 0 aliphatic carbocycles. The summed E-state index contributed by atoms with van der Waals surface area (Å²) in [6, 6.07) is 2.17. The number of hydrogen-bond donors (Lipinski definition) is 2. The highest BCUT2D eigenvalue weighted by atomic mass is 35.5. The second-order valence-corrected chi connectivity index (χ2v) is 5.61. The Bertz CT molecular complexity index is 503. The van der Waals surface area contributed by atoms with E-state index in [0.29, 0.717) is 6.42 Å². The predicted octanol–water partition coefficient (Wildman–Crippen LogP) is 3.95. The molecule has 0 saturated heterocycles. The Balaban J connectivity index is 2.84. The van der Waals surface area contributed by atoms with Crippen molar-refractivity contribution in [3.05, 3.63) is 34.3 Å². The summed E-state index contributed by atoms with van der Waals surface area (Å²) in [7, 11) is 0. The zero-order chi connectivity index (χ0) is 16.2. The number of benzene rings is 1. The first kappa shape index (κ1) is 17.8. The van der Waals surface area contributed by atoms with Gasteiger partial charge >= 0.3 is 12.1 Å². The van der Waals surface area contributed by atoms with Crippen LogP contribution in [-0.4, -0.2) is 17.1 Å². The summed E-state index contributed by atoms with van der Waals surface area (Å²) in [6.45, 7) is 3.70. The molecule has 0 saturated carbocycles. The summed E-state index contributed by atoms with van der Waals surface area (Å²) in [6.07, 6.45) is -4.07. The monoisotopic (exact) mass is 323 g/mol. The molecule has 1 aromatic rings. The Hall–Kier alpha value is -1.27. The van der Waals surface area contributed by atoms with Crippen LogP contribution >= 0.6 is 11.6 Å². The third kappa shape index (κ3) is 5.55. The maximum absolute atomic E-state index is 12.6. The van der Waals surface area contributed by atoms with E-state index in [4.69, 9.17) is 16.7 Å². The van der Waals surface area contributed by atoms with Crippen molar-refractivity contribution in [1.82, 2.24) is 5.32 Å². The number of carboxylic acid groups (broad SMARTS) is 1. The van der Waals surface area contributed by atoms with Gasteiger partial charge in [0.05, 0.1) is 5.56 Å². The van der Waals surface area contributed by atoms with Gasteiger partial charge in [0.15, 0.2) is 0 Å². The van der Waals surface area contributed by atoms with Crippen LogP contribution in [0.1, 0.15) is 31.4 Å². The molecule has 0 aromatic heterocycles. The van der Waals surface area contributed by atoms with Crippen LogP contribution in [0.25, 0.3) is 0 Å². The lowest BCUT2D eigenvalue weighted by atomic mass is 10.0. The van der Waals surface area contributed by atoms with Gasteiger partial charge in [-0.1, -0.05) is 25.4 Å². The van der Waals surface area contributed by atoms with Crippen molar-refractivity contribution < 1.29 is 23.1 Å². The summed E-state index contributed by atoms with van der Waals surface area (Å²) in [5, 5.41) is 12.0. The van der Waals surface area contributed by atoms with Crippen molar-refractivity contribution in [3.8, 4) is 0 Å². The Morgan fingerprint density at radius 2 is 2.00 bits per heavy atom. The highest BCUT2D eigenvalue weighted by molar-refractivity contribution is 6.31. The van der Waals surface area contributed by atoms with Crippen LogP contribution in [0, 0.1) is 5.92 Å². The number of carbonyl (C=O) groups is 1. The lowest BCUT2D eigenvalue weighted by Gasteiger charge is -2.17. The smallest absolute Gasteiger partial charge is 0.416 e. The Kier molecular flexibility index (Phi) is 6.04. The average molecular weight is 324 g/mol. The summed E-state index contributed by atoms with van der Waals surface area (Å²) in [5.74, 6) is -0.887. The zero-order valence-corrected chi connectivity index (χ0v) is 12.4. The molecule has 0 spiro atoms. The quantitative estimate of drug-likeness (QED) is 0.833. The van der Waals surface area contributed by atoms with E-state index in [1.54, 1.807) is 0 Å². The number of aliphatic carboxylic acids is 1. The van der Waals surface area contributed by atoms with Gasteiger partial charge in [0.25, 0.3) is 0 Å². The number of nitrogens with one attached hydrogen (secondary N) is 1. The summed E-state index contributed by atoms with van der Waals surface area (Å²) < 4.78 is 37.9. The van der Waals surface area contributed by atoms with Crippen molar-refractivity contribution in [3.63, 3.8) is 0 Å². The van der Waals surface area contributed by atoms with Gasteiger partial charge in [0, 0.05) is 11.6 Å². The Labute approximate surface area is 126 Å². The fourth-order valence-electron chi connectivity index (χ4n) is 1.86. The molecule has 7 heteroatoms. The fraction of sp³-hybridized carbons (Fsp3) is 0.500. The third-order valence-corrected chi connectivity index (χ3v) is 3.29. The number of rotatable bonds is 6. The molecule has 21 heavy (non-hydrogen) atoms. The molecule has 1 aromatic carbocycles. The molecule has 0 heterocycles. The van der Waals surface area contributed by atoms with Crippen LogP contribution in [0.5, 0.6) is 0 Å². The number of hydrogen-bond acceptors (Lipinski definition) is 2. The molecular formula is C14H17ClF3NO2. The van der Waals surface area contributed by atoms with Crippen LogP contribution < -0.4 is 5.32 Å². The molecular weight excluding hydrogens is 307 g/mol. The molecule has 0 aliphatic heterocycles. The van der Waals surface area contributed by atoms with E-state index in [1.165, 1.54) is 6.07 Å². The van der Waals surface area contributed by atoms with Crippen molar-refractivity contribution in [2.75, 3.05) is 0 Å². The highest BCUT2D eigenvalue weighted by Crippen LogP contribution is 2.31. The fourth-order valence-corrected chi connectivity index (χ4v) is 2.05. The minimum absolute atomic E-state index is 0.0353. The van der Waals surface area contributed by atoms with E-state index in [1.807, 2.05) is 13.8 Å². The third-order valence-electron chi connectivity index (χ3n) is 2.92. The van der Waals surface area contributed by atoms with Gasteiger partial charge in [-0.3, -0.25) is 4.79 Å². The maximum atomic E-state index is 12.6. The van der Waals surface area contributed by atoms with E-state index in [-0.39, 0.29) is 23.0 Å². The van der Waals surface area contributed by atoms with E-state index < -0.39 is 23.8 Å². The number of carboxylic acids is 1. The van der Waals surface area contributed by atoms with Crippen molar-refractivity contribution in [2.24, 2.45) is 5.92 Å². The van der Waals surface area contributed by atoms with Crippen LogP contribution in [0.15, 0.2) is 18.2 Å². The lowest BCUT2D eigenvalue weighted by molar-refractivity contribution is -0.140. The summed E-state index contributed by atoms with van der Waals surface area (Å²) >= 11 is 5.86. The topological polar surface area (TPSA) is 49.3 Å². The van der Waals surface area contributed by atoms with Gasteiger partial charge in [-0.2, -0.15) is 13.2 Å². The number of halogens is 4. The van der Waals surface area contributed by atoms with Crippen LogP contribution in [0.2, 0.25) is 5.02 Å². The maximum Gasteiger partial charge on any atom is 0.416 e. The molecule has 0 bridgehead atoms. The molecule has 0 aliphatic rings. The predicted molar refractivity (Wildman–Crippen MR) is 74.2 cm³/mol. The number of alkyl halides is 3. The molecule has 0 amide bonds. The second-order valence-electron chi connectivity index (χ2n) is 5.21. The van der Waals surface area contributed by atoms with Gasteiger partial charge in [-0.05, 0) is 36.1 Å². The van der Waals surface area contributed by atoms with Crippen LogP contribution in [-0.2, 0) is 17.5 Å². The Morgan fingerprint density at radius 3 is 2.48 bits per heavy atom. The Morgan fingerprint density at radius 1 is 1.38 bits per heavy atom. The molecule has 3 nitrogen and oxygen atoms in total. The van der Waals surface area contributed by atoms with Crippen molar-refractivity contribution in [2.45, 2.75) is 39.0 Å². The molecule has 2 N–H and O–H groups in total. The highest BCUT2D eigenvalue weighted by Gasteiger charge is 2.31. The van der Waals surface area contributed by atoms with Gasteiger partial charge in [0.1, 0.15) is 6.04 Å². The molecule has 0 unspecified atom stereocenters. The van der Waals surface area contributed by atoms with Crippen LogP contribution in [0.3, 0.4) is 0 Å². The summed E-state index contributed by atoms with van der Waals surface area (Å²) in [5.41, 5.74) is -0.582. The molecule has 1 rings (SSSR count). The lowest BCUT2D eigenvalue weighted by Crippen LogP contribution is -2.37. The molecule has 1 atom stereocenters. The standard InChI is InChI=1S/C14H17ClF3NO2/c1-8(2)5-12(13(20)21)19-7-9-6-10(14(16,17)18)3-4-11(9)15/h3-4,6,8,12,19H,5,7H2,1-2H3,(H,20,21)/t12-/m0/s1. The molecule has 0 radical (unpaired) electrons. The van der Waals surface area contributed by atoms with Gasteiger partial charge < -0.3 is 10.4 Å². The van der Waals surface area contributed by atoms with E-state index in [9.17, 15) is 18.0 Å².